The van der Waals surface area contributed by atoms with E-state index < -0.39 is 17.5 Å². The lowest BCUT2D eigenvalue weighted by molar-refractivity contribution is 0.0812. The molecule has 1 N–H and O–H groups in total. The molecule has 0 atom stereocenters. The third kappa shape index (κ3) is 5.20. The van der Waals surface area contributed by atoms with Crippen molar-refractivity contribution < 1.29 is 28.6 Å². The quantitative estimate of drug-likeness (QED) is 0.268. The minimum Gasteiger partial charge on any atom is -0.497 e. The molecular formula is C28H25N3O6. The highest BCUT2D eigenvalue weighted by Gasteiger charge is 2.29. The van der Waals surface area contributed by atoms with Crippen LogP contribution in [-0.2, 0) is 7.05 Å². The molecule has 0 saturated heterocycles. The molecule has 188 valence electrons. The predicted octanol–water partition coefficient (Wildman–Crippen LogP) is 4.43. The summed E-state index contributed by atoms with van der Waals surface area (Å²) < 4.78 is 16.9. The Morgan fingerprint density at radius 2 is 1.14 bits per heavy atom. The Balaban J connectivity index is 1.73. The van der Waals surface area contributed by atoms with Crippen molar-refractivity contribution >= 4 is 23.4 Å². The van der Waals surface area contributed by atoms with E-state index in [0.29, 0.717) is 28.4 Å². The van der Waals surface area contributed by atoms with Crippen LogP contribution < -0.4 is 19.5 Å². The smallest absolute Gasteiger partial charge is 0.257 e. The molecule has 0 spiro atoms. The fourth-order valence-corrected chi connectivity index (χ4v) is 3.72. The zero-order valence-corrected chi connectivity index (χ0v) is 20.8. The first-order valence-electron chi connectivity index (χ1n) is 11.3. The van der Waals surface area contributed by atoms with Gasteiger partial charge in [-0.2, -0.15) is 0 Å². The van der Waals surface area contributed by atoms with Crippen molar-refractivity contribution in [3.63, 3.8) is 0 Å². The van der Waals surface area contributed by atoms with Crippen LogP contribution in [-0.4, -0.2) is 48.4 Å². The van der Waals surface area contributed by atoms with Crippen molar-refractivity contribution in [2.75, 3.05) is 26.6 Å². The standard InChI is InChI=1S/C28H25N3O6/c1-31-24(26(33)25(32)18-7-13-21(36-3)14-8-18)23(17-5-11-20(35-2)12-6-17)29-28(31)30-27(34)19-9-15-22(37-4)16-10-19/h5-16H,1-4H3,(H,29,30,34). The molecule has 1 amide bonds. The first kappa shape index (κ1) is 25.2. The number of ketones is 2. The van der Waals surface area contributed by atoms with E-state index in [1.54, 1.807) is 74.8 Å². The largest absolute Gasteiger partial charge is 0.497 e. The van der Waals surface area contributed by atoms with Crippen molar-refractivity contribution in [1.82, 2.24) is 9.55 Å². The van der Waals surface area contributed by atoms with E-state index in [-0.39, 0.29) is 22.9 Å². The molecule has 3 aromatic carbocycles. The van der Waals surface area contributed by atoms with Crippen molar-refractivity contribution in [2.24, 2.45) is 7.05 Å². The zero-order valence-electron chi connectivity index (χ0n) is 20.8. The second kappa shape index (κ2) is 10.8. The van der Waals surface area contributed by atoms with Crippen molar-refractivity contribution in [1.29, 1.82) is 0 Å². The normalized spacial score (nSPS) is 10.5. The van der Waals surface area contributed by atoms with Gasteiger partial charge in [-0.05, 0) is 72.8 Å². The number of hydrogen-bond acceptors (Lipinski definition) is 7. The van der Waals surface area contributed by atoms with Gasteiger partial charge in [-0.25, -0.2) is 4.98 Å². The second-order valence-electron chi connectivity index (χ2n) is 7.99. The van der Waals surface area contributed by atoms with E-state index in [1.807, 2.05) is 0 Å². The number of hydrogen-bond donors (Lipinski definition) is 1. The maximum atomic E-state index is 13.5. The van der Waals surface area contributed by atoms with Crippen LogP contribution in [0.4, 0.5) is 5.95 Å². The van der Waals surface area contributed by atoms with Crippen LogP contribution in [0.3, 0.4) is 0 Å². The number of nitrogens with zero attached hydrogens (tertiary/aromatic N) is 2. The molecule has 0 aliphatic rings. The Labute approximate surface area is 213 Å². The fraction of sp³-hybridized carbons (Fsp3) is 0.143. The summed E-state index contributed by atoms with van der Waals surface area (Å²) in [7, 11) is 6.17. The number of aromatic nitrogens is 2. The number of amides is 1. The lowest BCUT2D eigenvalue weighted by Gasteiger charge is -2.08. The number of imidazole rings is 1. The zero-order chi connectivity index (χ0) is 26.5. The first-order valence-corrected chi connectivity index (χ1v) is 11.3. The Morgan fingerprint density at radius 3 is 1.62 bits per heavy atom. The number of carbonyl (C=O) groups is 3. The molecule has 0 fully saturated rings. The lowest BCUT2D eigenvalue weighted by Crippen LogP contribution is -2.20. The molecule has 4 rings (SSSR count). The Kier molecular flexibility index (Phi) is 7.34. The Morgan fingerprint density at radius 1 is 0.676 bits per heavy atom. The molecule has 0 aliphatic carbocycles. The molecule has 1 aromatic heterocycles. The molecule has 0 unspecified atom stereocenters. The molecule has 0 bridgehead atoms. The van der Waals surface area contributed by atoms with Gasteiger partial charge in [-0.15, -0.1) is 0 Å². The summed E-state index contributed by atoms with van der Waals surface area (Å²) in [5.74, 6) is -0.0125. The maximum Gasteiger partial charge on any atom is 0.257 e. The average Bonchev–Trinajstić information content (AvgIpc) is 3.27. The molecule has 1 heterocycles. The van der Waals surface area contributed by atoms with Gasteiger partial charge in [0.25, 0.3) is 11.7 Å². The minimum absolute atomic E-state index is 0.0380. The van der Waals surface area contributed by atoms with Gasteiger partial charge in [0.2, 0.25) is 11.7 Å². The van der Waals surface area contributed by atoms with Crippen molar-refractivity contribution in [3.05, 3.63) is 89.6 Å². The molecule has 9 nitrogen and oxygen atoms in total. The van der Waals surface area contributed by atoms with Crippen LogP contribution in [0.2, 0.25) is 0 Å². The molecular weight excluding hydrogens is 474 g/mol. The number of anilines is 1. The van der Waals surface area contributed by atoms with Gasteiger partial charge in [-0.1, -0.05) is 0 Å². The summed E-state index contributed by atoms with van der Waals surface area (Å²) in [4.78, 5) is 44.1. The highest BCUT2D eigenvalue weighted by Crippen LogP contribution is 2.29. The van der Waals surface area contributed by atoms with Crippen LogP contribution in [0.5, 0.6) is 17.2 Å². The number of methoxy groups -OCH3 is 3. The summed E-state index contributed by atoms with van der Waals surface area (Å²) in [5, 5.41) is 2.73. The summed E-state index contributed by atoms with van der Waals surface area (Å²) in [6.07, 6.45) is 0. The van der Waals surface area contributed by atoms with E-state index >= 15 is 0 Å². The van der Waals surface area contributed by atoms with Gasteiger partial charge in [0.1, 0.15) is 28.6 Å². The van der Waals surface area contributed by atoms with Crippen LogP contribution in [0, 0.1) is 0 Å². The highest BCUT2D eigenvalue weighted by atomic mass is 16.5. The van der Waals surface area contributed by atoms with E-state index in [9.17, 15) is 14.4 Å². The van der Waals surface area contributed by atoms with Crippen LogP contribution in [0.15, 0.2) is 72.8 Å². The number of benzene rings is 3. The highest BCUT2D eigenvalue weighted by molar-refractivity contribution is 6.49. The van der Waals surface area contributed by atoms with Crippen molar-refractivity contribution in [3.8, 4) is 28.5 Å². The van der Waals surface area contributed by atoms with E-state index in [1.165, 1.54) is 30.9 Å². The Hall–Kier alpha value is -4.92. The van der Waals surface area contributed by atoms with Crippen molar-refractivity contribution in [2.45, 2.75) is 0 Å². The van der Waals surface area contributed by atoms with E-state index in [0.717, 1.165) is 0 Å². The third-order valence-corrected chi connectivity index (χ3v) is 5.81. The molecule has 0 radical (unpaired) electrons. The summed E-state index contributed by atoms with van der Waals surface area (Å²) >= 11 is 0. The lowest BCUT2D eigenvalue weighted by atomic mass is 10.0. The minimum atomic E-state index is -0.768. The SMILES string of the molecule is COc1ccc(C(=O)Nc2nc(-c3ccc(OC)cc3)c(C(=O)C(=O)c3ccc(OC)cc3)n2C)cc1. The van der Waals surface area contributed by atoms with Gasteiger partial charge in [0.05, 0.1) is 21.3 Å². The molecule has 9 heteroatoms. The van der Waals surface area contributed by atoms with Gasteiger partial charge in [-0.3, -0.25) is 19.7 Å². The molecule has 4 aromatic rings. The Bertz CT molecular complexity index is 1440. The first-order chi connectivity index (χ1) is 17.9. The monoisotopic (exact) mass is 499 g/mol. The topological polar surface area (TPSA) is 109 Å². The molecule has 0 aliphatic heterocycles. The molecule has 0 saturated carbocycles. The van der Waals surface area contributed by atoms with E-state index in [4.69, 9.17) is 14.2 Å². The average molecular weight is 500 g/mol. The number of carbonyl (C=O) groups excluding carboxylic acids is 3. The van der Waals surface area contributed by atoms with Gasteiger partial charge < -0.3 is 18.8 Å². The van der Waals surface area contributed by atoms with Gasteiger partial charge in [0, 0.05) is 23.7 Å². The van der Waals surface area contributed by atoms with Crippen LogP contribution >= 0.6 is 0 Å². The summed E-state index contributed by atoms with van der Waals surface area (Å²) in [6, 6.07) is 19.7. The maximum absolute atomic E-state index is 13.5. The number of nitrogens with one attached hydrogen (secondary N) is 1. The third-order valence-electron chi connectivity index (χ3n) is 5.81. The number of ether oxygens (including phenoxy) is 3. The van der Waals surface area contributed by atoms with Crippen LogP contribution in [0.1, 0.15) is 31.2 Å². The number of rotatable bonds is 9. The van der Waals surface area contributed by atoms with E-state index in [2.05, 4.69) is 10.3 Å². The number of Topliss-reactive ketones (excluding diaryl/α,β-unsaturated/α-hetero) is 2. The summed E-state index contributed by atoms with van der Waals surface area (Å²) in [5.41, 5.74) is 1.44. The predicted molar refractivity (Wildman–Crippen MR) is 138 cm³/mol. The van der Waals surface area contributed by atoms with Gasteiger partial charge >= 0.3 is 0 Å². The summed E-state index contributed by atoms with van der Waals surface area (Å²) in [6.45, 7) is 0. The van der Waals surface area contributed by atoms with Gasteiger partial charge in [0.15, 0.2) is 0 Å². The second-order valence-corrected chi connectivity index (χ2v) is 7.99. The fourth-order valence-electron chi connectivity index (χ4n) is 3.72. The van der Waals surface area contributed by atoms with Crippen LogP contribution in [0.25, 0.3) is 11.3 Å². The molecule has 37 heavy (non-hydrogen) atoms.